The molecule has 1 amide bonds. The molecule has 1 aromatic heterocycles. The van der Waals surface area contributed by atoms with E-state index >= 15 is 0 Å². The molecular formula is C12H16N4O2. The third-order valence-corrected chi connectivity index (χ3v) is 3.57. The molecular weight excluding hydrogens is 232 g/mol. The molecule has 2 aliphatic heterocycles. The van der Waals surface area contributed by atoms with Crippen LogP contribution in [-0.2, 0) is 15.2 Å². The van der Waals surface area contributed by atoms with E-state index in [1.54, 1.807) is 12.3 Å². The van der Waals surface area contributed by atoms with Crippen LogP contribution in [-0.4, -0.2) is 30.6 Å². The number of amides is 1. The summed E-state index contributed by atoms with van der Waals surface area (Å²) in [6.45, 7) is 3.88. The number of carbonyl (C=O) groups excluding carboxylic acids is 1. The fraction of sp³-hybridized carbons (Fsp3) is 0.500. The lowest BCUT2D eigenvalue weighted by atomic mass is 9.86. The summed E-state index contributed by atoms with van der Waals surface area (Å²) >= 11 is 0. The van der Waals surface area contributed by atoms with Crippen molar-refractivity contribution in [3.8, 4) is 0 Å². The molecule has 6 heteroatoms. The molecule has 18 heavy (non-hydrogen) atoms. The average molecular weight is 248 g/mol. The first-order valence-electron chi connectivity index (χ1n) is 6.04. The smallest absolute Gasteiger partial charge is 0.221 e. The Balaban J connectivity index is 1.94. The van der Waals surface area contributed by atoms with Crippen LogP contribution >= 0.6 is 0 Å². The quantitative estimate of drug-likeness (QED) is 0.686. The second kappa shape index (κ2) is 4.31. The Labute approximate surface area is 105 Å². The zero-order valence-corrected chi connectivity index (χ0v) is 10.2. The van der Waals surface area contributed by atoms with E-state index in [4.69, 9.17) is 4.84 Å². The van der Waals surface area contributed by atoms with Gasteiger partial charge in [0.05, 0.1) is 12.3 Å². The van der Waals surface area contributed by atoms with Crippen molar-refractivity contribution in [2.45, 2.75) is 12.5 Å². The molecule has 2 saturated heterocycles. The summed E-state index contributed by atoms with van der Waals surface area (Å²) in [6, 6.07) is 3.69. The van der Waals surface area contributed by atoms with Gasteiger partial charge in [-0.2, -0.15) is 5.48 Å². The van der Waals surface area contributed by atoms with Gasteiger partial charge in [-0.15, -0.1) is 0 Å². The third-order valence-electron chi connectivity index (χ3n) is 3.57. The summed E-state index contributed by atoms with van der Waals surface area (Å²) < 4.78 is 0. The van der Waals surface area contributed by atoms with E-state index in [1.165, 1.54) is 6.92 Å². The highest BCUT2D eigenvalue weighted by molar-refractivity contribution is 5.88. The Morgan fingerprint density at radius 3 is 3.39 bits per heavy atom. The lowest BCUT2D eigenvalue weighted by molar-refractivity contribution is -0.114. The van der Waals surface area contributed by atoms with E-state index in [9.17, 15) is 4.79 Å². The molecule has 3 N–H and O–H groups in total. The summed E-state index contributed by atoms with van der Waals surface area (Å²) in [5, 5.41) is 6.13. The lowest BCUT2D eigenvalue weighted by Crippen LogP contribution is -2.43. The van der Waals surface area contributed by atoms with Crippen LogP contribution in [0.4, 0.5) is 5.69 Å². The number of anilines is 1. The first-order chi connectivity index (χ1) is 8.71. The van der Waals surface area contributed by atoms with Gasteiger partial charge >= 0.3 is 0 Å². The number of rotatable bonds is 2. The molecule has 0 aromatic carbocycles. The highest BCUT2D eigenvalue weighted by Crippen LogP contribution is 2.36. The van der Waals surface area contributed by atoms with Gasteiger partial charge in [0.15, 0.2) is 0 Å². The molecule has 2 atom stereocenters. The highest BCUT2D eigenvalue weighted by Gasteiger charge is 2.50. The van der Waals surface area contributed by atoms with Crippen molar-refractivity contribution in [2.75, 3.05) is 25.0 Å². The molecule has 1 aromatic rings. The van der Waals surface area contributed by atoms with Crippen LogP contribution < -0.4 is 16.1 Å². The molecule has 6 nitrogen and oxygen atoms in total. The molecule has 0 bridgehead atoms. The van der Waals surface area contributed by atoms with E-state index in [0.29, 0.717) is 12.5 Å². The van der Waals surface area contributed by atoms with Crippen LogP contribution in [0, 0.1) is 5.92 Å². The molecule has 3 heterocycles. The van der Waals surface area contributed by atoms with Gasteiger partial charge in [-0.1, -0.05) is 0 Å². The van der Waals surface area contributed by atoms with Gasteiger partial charge in [-0.05, 0) is 12.1 Å². The first-order valence-corrected chi connectivity index (χ1v) is 6.04. The summed E-state index contributed by atoms with van der Waals surface area (Å²) in [6.07, 6.45) is 1.71. The van der Waals surface area contributed by atoms with E-state index in [1.807, 2.05) is 6.07 Å². The number of hydrogen-bond donors (Lipinski definition) is 3. The Hall–Kier alpha value is -1.50. The maximum absolute atomic E-state index is 11.1. The maximum atomic E-state index is 11.1. The molecule has 0 radical (unpaired) electrons. The molecule has 3 rings (SSSR count). The maximum Gasteiger partial charge on any atom is 0.221 e. The molecule has 0 saturated carbocycles. The average Bonchev–Trinajstić information content (AvgIpc) is 2.87. The van der Waals surface area contributed by atoms with Crippen molar-refractivity contribution in [2.24, 2.45) is 5.92 Å². The summed E-state index contributed by atoms with van der Waals surface area (Å²) in [4.78, 5) is 20.9. The Kier molecular flexibility index (Phi) is 2.77. The molecule has 0 spiro atoms. The zero-order valence-electron chi connectivity index (χ0n) is 10.2. The second-order valence-corrected chi connectivity index (χ2v) is 4.82. The number of nitrogens with zero attached hydrogens (tertiary/aromatic N) is 1. The number of fused-ring (bicyclic) bond motifs is 1. The van der Waals surface area contributed by atoms with E-state index in [2.05, 4.69) is 21.1 Å². The number of carbonyl (C=O) groups is 1. The lowest BCUT2D eigenvalue weighted by Gasteiger charge is -2.26. The van der Waals surface area contributed by atoms with Crippen LogP contribution in [0.2, 0.25) is 0 Å². The highest BCUT2D eigenvalue weighted by atomic mass is 16.7. The molecule has 2 fully saturated rings. The van der Waals surface area contributed by atoms with Gasteiger partial charge in [0.2, 0.25) is 5.91 Å². The largest absolute Gasteiger partial charge is 0.326 e. The molecule has 2 aliphatic rings. The van der Waals surface area contributed by atoms with Gasteiger partial charge in [0.25, 0.3) is 0 Å². The number of hydroxylamine groups is 1. The minimum atomic E-state index is -0.269. The Morgan fingerprint density at radius 1 is 1.67 bits per heavy atom. The van der Waals surface area contributed by atoms with Gasteiger partial charge < -0.3 is 15.5 Å². The number of hydrogen-bond acceptors (Lipinski definition) is 5. The Bertz CT molecular complexity index is 467. The predicted octanol–water partition coefficient (Wildman–Crippen LogP) is -0.0105. The molecule has 0 aliphatic carbocycles. The van der Waals surface area contributed by atoms with Crippen molar-refractivity contribution in [1.82, 2.24) is 15.8 Å². The molecule has 96 valence electrons. The fourth-order valence-electron chi connectivity index (χ4n) is 2.66. The van der Waals surface area contributed by atoms with Gasteiger partial charge in [-0.25, -0.2) is 0 Å². The summed E-state index contributed by atoms with van der Waals surface area (Å²) in [5.74, 6) is 0.291. The number of nitrogens with one attached hydrogen (secondary N) is 3. The van der Waals surface area contributed by atoms with Crippen LogP contribution in [0.1, 0.15) is 12.6 Å². The SMILES string of the molecule is CC(=O)Nc1ccnc(C23CNCC2CON3)c1. The summed E-state index contributed by atoms with van der Waals surface area (Å²) in [7, 11) is 0. The van der Waals surface area contributed by atoms with Gasteiger partial charge in [-0.3, -0.25) is 9.78 Å². The normalized spacial score (nSPS) is 30.2. The monoisotopic (exact) mass is 248 g/mol. The number of aromatic nitrogens is 1. The predicted molar refractivity (Wildman–Crippen MR) is 65.7 cm³/mol. The van der Waals surface area contributed by atoms with Crippen LogP contribution in [0.15, 0.2) is 18.3 Å². The Morgan fingerprint density at radius 2 is 2.56 bits per heavy atom. The van der Waals surface area contributed by atoms with Crippen LogP contribution in [0.3, 0.4) is 0 Å². The van der Waals surface area contributed by atoms with Crippen LogP contribution in [0.5, 0.6) is 0 Å². The van der Waals surface area contributed by atoms with Crippen molar-refractivity contribution < 1.29 is 9.63 Å². The zero-order chi connectivity index (χ0) is 12.6. The van der Waals surface area contributed by atoms with Crippen molar-refractivity contribution in [1.29, 1.82) is 0 Å². The van der Waals surface area contributed by atoms with Crippen molar-refractivity contribution in [3.63, 3.8) is 0 Å². The van der Waals surface area contributed by atoms with E-state index < -0.39 is 0 Å². The first kappa shape index (κ1) is 11.6. The van der Waals surface area contributed by atoms with E-state index in [-0.39, 0.29) is 11.4 Å². The topological polar surface area (TPSA) is 75.3 Å². The van der Waals surface area contributed by atoms with Crippen molar-refractivity contribution >= 4 is 11.6 Å². The van der Waals surface area contributed by atoms with Gasteiger partial charge in [0.1, 0.15) is 5.54 Å². The van der Waals surface area contributed by atoms with Gasteiger partial charge in [0, 0.05) is 37.8 Å². The third kappa shape index (κ3) is 1.78. The minimum absolute atomic E-state index is 0.0821. The number of pyridine rings is 1. The summed E-state index contributed by atoms with van der Waals surface area (Å²) in [5.41, 5.74) is 4.49. The standard InChI is InChI=1S/C12H16N4O2/c1-8(17)15-10-2-3-14-11(4-10)12-7-13-5-9(12)6-18-16-12/h2-4,9,13,16H,5-7H2,1H3,(H,14,15,17). The van der Waals surface area contributed by atoms with Crippen LogP contribution in [0.25, 0.3) is 0 Å². The molecule has 2 unspecified atom stereocenters. The fourth-order valence-corrected chi connectivity index (χ4v) is 2.66. The van der Waals surface area contributed by atoms with E-state index in [0.717, 1.165) is 24.5 Å². The second-order valence-electron chi connectivity index (χ2n) is 4.82. The minimum Gasteiger partial charge on any atom is -0.326 e. The van der Waals surface area contributed by atoms with Crippen molar-refractivity contribution in [3.05, 3.63) is 24.0 Å².